The van der Waals surface area contributed by atoms with Crippen molar-refractivity contribution in [3.05, 3.63) is 93.7 Å². The van der Waals surface area contributed by atoms with Crippen LogP contribution in [0.2, 0.25) is 0 Å². The number of anilines is 1. The first-order valence-corrected chi connectivity index (χ1v) is 10.6. The molecule has 1 aromatic carbocycles. The zero-order valence-corrected chi connectivity index (χ0v) is 17.6. The van der Waals surface area contributed by atoms with E-state index in [9.17, 15) is 4.79 Å². The summed E-state index contributed by atoms with van der Waals surface area (Å²) in [5.74, 6) is 0.790. The Balaban J connectivity index is 1.40. The number of hydrogen-bond donors (Lipinski definition) is 0. The molecule has 3 aromatic rings. The number of benzene rings is 1. The van der Waals surface area contributed by atoms with Gasteiger partial charge in [-0.1, -0.05) is 18.2 Å². The topological polar surface area (TPSA) is 56.6 Å². The standard InChI is InChI=1S/C25H25N3O3/c1-30-21-4-2-3-18(13-21)17-28-8-7-19(14-25(28)29)22-5-6-24-23(22)15-20(16-26-24)27-9-11-31-12-10-27/h2-5,7-8,13-16H,6,9-12,17H2,1H3. The third-order valence-electron chi connectivity index (χ3n) is 5.92. The highest BCUT2D eigenvalue weighted by Crippen LogP contribution is 2.33. The molecule has 1 aliphatic carbocycles. The van der Waals surface area contributed by atoms with Crippen LogP contribution in [0.25, 0.3) is 5.57 Å². The first-order chi connectivity index (χ1) is 15.2. The number of morpholine rings is 1. The van der Waals surface area contributed by atoms with Crippen molar-refractivity contribution < 1.29 is 9.47 Å². The lowest BCUT2D eigenvalue weighted by atomic mass is 10.0. The fraction of sp³-hybridized carbons (Fsp3) is 0.280. The highest BCUT2D eigenvalue weighted by Gasteiger charge is 2.20. The van der Waals surface area contributed by atoms with Gasteiger partial charge in [0.25, 0.3) is 5.56 Å². The number of pyridine rings is 2. The van der Waals surface area contributed by atoms with Gasteiger partial charge < -0.3 is 18.9 Å². The third kappa shape index (κ3) is 3.99. The van der Waals surface area contributed by atoms with E-state index >= 15 is 0 Å². The summed E-state index contributed by atoms with van der Waals surface area (Å²) in [6.45, 7) is 3.74. The predicted molar refractivity (Wildman–Crippen MR) is 121 cm³/mol. The largest absolute Gasteiger partial charge is 0.497 e. The Morgan fingerprint density at radius 2 is 2.00 bits per heavy atom. The lowest BCUT2D eigenvalue weighted by Crippen LogP contribution is -2.36. The van der Waals surface area contributed by atoms with Crippen LogP contribution in [0, 0.1) is 0 Å². The van der Waals surface area contributed by atoms with Gasteiger partial charge in [-0.15, -0.1) is 0 Å². The second-order valence-corrected chi connectivity index (χ2v) is 7.84. The predicted octanol–water partition coefficient (Wildman–Crippen LogP) is 3.12. The molecule has 1 aliphatic heterocycles. The lowest BCUT2D eigenvalue weighted by molar-refractivity contribution is 0.122. The van der Waals surface area contributed by atoms with E-state index in [-0.39, 0.29) is 5.56 Å². The van der Waals surface area contributed by atoms with Crippen LogP contribution >= 0.6 is 0 Å². The fourth-order valence-electron chi connectivity index (χ4n) is 4.23. The van der Waals surface area contributed by atoms with Gasteiger partial charge in [0.2, 0.25) is 0 Å². The molecule has 6 nitrogen and oxygen atoms in total. The lowest BCUT2D eigenvalue weighted by Gasteiger charge is -2.29. The Morgan fingerprint density at radius 3 is 2.81 bits per heavy atom. The number of methoxy groups -OCH3 is 1. The Bertz CT molecular complexity index is 1190. The summed E-state index contributed by atoms with van der Waals surface area (Å²) in [7, 11) is 1.65. The molecule has 2 aromatic heterocycles. The Morgan fingerprint density at radius 1 is 1.13 bits per heavy atom. The highest BCUT2D eigenvalue weighted by molar-refractivity contribution is 5.85. The highest BCUT2D eigenvalue weighted by atomic mass is 16.5. The molecule has 0 radical (unpaired) electrons. The molecule has 0 saturated carbocycles. The van der Waals surface area contributed by atoms with Crippen LogP contribution < -0.4 is 15.2 Å². The summed E-state index contributed by atoms with van der Waals surface area (Å²) >= 11 is 0. The van der Waals surface area contributed by atoms with E-state index in [0.717, 1.165) is 72.1 Å². The molecule has 158 valence electrons. The van der Waals surface area contributed by atoms with Crippen molar-refractivity contribution in [1.82, 2.24) is 9.55 Å². The van der Waals surface area contributed by atoms with Crippen molar-refractivity contribution in [3.63, 3.8) is 0 Å². The summed E-state index contributed by atoms with van der Waals surface area (Å²) in [5, 5.41) is 0. The molecule has 3 heterocycles. The Hall–Kier alpha value is -3.38. The number of rotatable bonds is 5. The summed E-state index contributed by atoms with van der Waals surface area (Å²) in [6, 6.07) is 13.7. The molecule has 0 N–H and O–H groups in total. The molecule has 0 bridgehead atoms. The maximum Gasteiger partial charge on any atom is 0.251 e. The van der Waals surface area contributed by atoms with Gasteiger partial charge in [0, 0.05) is 37.3 Å². The fourth-order valence-corrected chi connectivity index (χ4v) is 4.23. The van der Waals surface area contributed by atoms with Crippen molar-refractivity contribution in [2.75, 3.05) is 38.3 Å². The molecule has 2 aliphatic rings. The monoisotopic (exact) mass is 415 g/mol. The minimum atomic E-state index is -0.0213. The van der Waals surface area contributed by atoms with Gasteiger partial charge in [0.05, 0.1) is 44.4 Å². The normalized spacial score (nSPS) is 15.5. The van der Waals surface area contributed by atoms with Crippen LogP contribution in [0.4, 0.5) is 5.69 Å². The molecule has 0 amide bonds. The number of allylic oxidation sites excluding steroid dienone is 1. The maximum absolute atomic E-state index is 12.8. The van der Waals surface area contributed by atoms with Crippen molar-refractivity contribution >= 4 is 11.3 Å². The Kier molecular flexibility index (Phi) is 5.30. The second kappa shape index (κ2) is 8.40. The zero-order valence-electron chi connectivity index (χ0n) is 17.6. The zero-order chi connectivity index (χ0) is 21.2. The minimum absolute atomic E-state index is 0.0213. The first kappa shape index (κ1) is 19.6. The summed E-state index contributed by atoms with van der Waals surface area (Å²) in [5.41, 5.74) is 6.32. The molecule has 5 rings (SSSR count). The molecule has 6 heteroatoms. The molecule has 0 atom stereocenters. The molecule has 31 heavy (non-hydrogen) atoms. The second-order valence-electron chi connectivity index (χ2n) is 7.84. The van der Waals surface area contributed by atoms with Gasteiger partial charge >= 0.3 is 0 Å². The van der Waals surface area contributed by atoms with Crippen molar-refractivity contribution in [1.29, 1.82) is 0 Å². The molecule has 1 fully saturated rings. The van der Waals surface area contributed by atoms with E-state index in [1.165, 1.54) is 0 Å². The SMILES string of the molecule is COc1cccc(Cn2ccc(C3=CCc4ncc(N5CCOCC5)cc43)cc2=O)c1. The molecular weight excluding hydrogens is 390 g/mol. The van der Waals surface area contributed by atoms with Crippen molar-refractivity contribution in [2.24, 2.45) is 0 Å². The Labute approximate surface area is 181 Å². The number of ether oxygens (including phenoxy) is 2. The number of nitrogens with zero attached hydrogens (tertiary/aromatic N) is 3. The van der Waals surface area contributed by atoms with Gasteiger partial charge in [-0.25, -0.2) is 0 Å². The average Bonchev–Trinajstić information content (AvgIpc) is 3.24. The quantitative estimate of drug-likeness (QED) is 0.641. The van der Waals surface area contributed by atoms with Gasteiger partial charge in [0.15, 0.2) is 0 Å². The van der Waals surface area contributed by atoms with Gasteiger partial charge in [-0.3, -0.25) is 9.78 Å². The number of hydrogen-bond acceptors (Lipinski definition) is 5. The van der Waals surface area contributed by atoms with Crippen molar-refractivity contribution in [3.8, 4) is 5.75 Å². The summed E-state index contributed by atoms with van der Waals surface area (Å²) < 4.78 is 12.5. The third-order valence-corrected chi connectivity index (χ3v) is 5.92. The van der Waals surface area contributed by atoms with E-state index in [2.05, 4.69) is 17.0 Å². The molecule has 0 unspecified atom stereocenters. The van der Waals surface area contributed by atoms with Crippen LogP contribution in [0.3, 0.4) is 0 Å². The number of fused-ring (bicyclic) bond motifs is 1. The number of aromatic nitrogens is 2. The van der Waals surface area contributed by atoms with Gasteiger partial charge in [-0.05, 0) is 41.0 Å². The van der Waals surface area contributed by atoms with Crippen LogP contribution in [0.1, 0.15) is 22.4 Å². The van der Waals surface area contributed by atoms with Crippen LogP contribution in [-0.4, -0.2) is 43.0 Å². The van der Waals surface area contributed by atoms with E-state index in [1.807, 2.05) is 42.7 Å². The van der Waals surface area contributed by atoms with E-state index < -0.39 is 0 Å². The van der Waals surface area contributed by atoms with Crippen LogP contribution in [0.15, 0.2) is 65.7 Å². The van der Waals surface area contributed by atoms with Crippen molar-refractivity contribution in [2.45, 2.75) is 13.0 Å². The smallest absolute Gasteiger partial charge is 0.251 e. The first-order valence-electron chi connectivity index (χ1n) is 10.6. The summed E-state index contributed by atoms with van der Waals surface area (Å²) in [6.07, 6.45) is 6.78. The average molecular weight is 415 g/mol. The van der Waals surface area contributed by atoms with E-state index in [4.69, 9.17) is 14.5 Å². The van der Waals surface area contributed by atoms with Crippen LogP contribution in [0.5, 0.6) is 5.75 Å². The minimum Gasteiger partial charge on any atom is -0.497 e. The molecule has 0 spiro atoms. The van der Waals surface area contributed by atoms with Gasteiger partial charge in [-0.2, -0.15) is 0 Å². The van der Waals surface area contributed by atoms with E-state index in [1.54, 1.807) is 17.7 Å². The summed E-state index contributed by atoms with van der Waals surface area (Å²) in [4.78, 5) is 19.8. The molecular formula is C25H25N3O3. The van der Waals surface area contributed by atoms with Gasteiger partial charge in [0.1, 0.15) is 5.75 Å². The molecule has 1 saturated heterocycles. The van der Waals surface area contributed by atoms with Crippen LogP contribution in [-0.2, 0) is 17.7 Å². The van der Waals surface area contributed by atoms with E-state index in [0.29, 0.717) is 6.54 Å². The maximum atomic E-state index is 12.8.